The molecule has 0 radical (unpaired) electrons. The molecule has 1 rings (SSSR count). The summed E-state index contributed by atoms with van der Waals surface area (Å²) in [5.74, 6) is -0.227. The van der Waals surface area contributed by atoms with E-state index in [1.54, 1.807) is 0 Å². The van der Waals surface area contributed by atoms with Crippen molar-refractivity contribution in [3.8, 4) is 0 Å². The van der Waals surface area contributed by atoms with Gasteiger partial charge in [0, 0.05) is 0 Å². The maximum atomic E-state index is 11.7. The van der Waals surface area contributed by atoms with Crippen LogP contribution in [0.25, 0.3) is 0 Å². The third-order valence-corrected chi connectivity index (χ3v) is 3.14. The van der Waals surface area contributed by atoms with Crippen molar-refractivity contribution in [1.29, 1.82) is 0 Å². The van der Waals surface area contributed by atoms with Crippen LogP contribution < -0.4 is 0 Å². The van der Waals surface area contributed by atoms with Crippen LogP contribution in [0.15, 0.2) is 55.3 Å². The number of allylic oxidation sites excluding steroid dienone is 2. The molecule has 0 bridgehead atoms. The summed E-state index contributed by atoms with van der Waals surface area (Å²) in [6, 6.07) is 9.61. The minimum Gasteiger partial charge on any atom is -0.435 e. The summed E-state index contributed by atoms with van der Waals surface area (Å²) in [5.41, 5.74) is 1.01. The number of hydrogen-bond donors (Lipinski definition) is 0. The van der Waals surface area contributed by atoms with Gasteiger partial charge in [-0.05, 0) is 36.3 Å². The molecule has 0 aliphatic heterocycles. The molecule has 20 heavy (non-hydrogen) atoms. The van der Waals surface area contributed by atoms with Crippen LogP contribution in [0.4, 0.5) is 0 Å². The van der Waals surface area contributed by atoms with Gasteiger partial charge in [0.2, 0.25) is 0 Å². The fraction of sp³-hybridized carbons (Fsp3) is 0.389. The van der Waals surface area contributed by atoms with E-state index >= 15 is 0 Å². The molecule has 1 aromatic rings. The fourth-order valence-corrected chi connectivity index (χ4v) is 1.88. The van der Waals surface area contributed by atoms with Crippen LogP contribution in [-0.4, -0.2) is 5.97 Å². The van der Waals surface area contributed by atoms with E-state index in [-0.39, 0.29) is 11.4 Å². The first-order valence-electron chi connectivity index (χ1n) is 7.05. The van der Waals surface area contributed by atoms with Crippen LogP contribution >= 0.6 is 0 Å². The lowest BCUT2D eigenvalue weighted by molar-refractivity contribution is -0.137. The number of rotatable bonds is 8. The van der Waals surface area contributed by atoms with E-state index < -0.39 is 0 Å². The summed E-state index contributed by atoms with van der Waals surface area (Å²) in [7, 11) is 0. The number of esters is 1. The van der Waals surface area contributed by atoms with E-state index in [0.29, 0.717) is 6.42 Å². The Bertz CT molecular complexity index is 444. The zero-order valence-electron chi connectivity index (χ0n) is 12.5. The van der Waals surface area contributed by atoms with Gasteiger partial charge in [-0.1, -0.05) is 50.3 Å². The Kier molecular flexibility index (Phi) is 6.78. The quantitative estimate of drug-likeness (QED) is 0.297. The van der Waals surface area contributed by atoms with Gasteiger partial charge in [0.15, 0.2) is 0 Å². The number of unbranched alkanes of at least 4 members (excludes halogenated alkanes) is 1. The third kappa shape index (κ3) is 6.93. The number of carbonyl (C=O) groups excluding carboxylic acids is 1. The molecule has 0 saturated heterocycles. The number of hydrogen-bond acceptors (Lipinski definition) is 2. The standard InChI is InChI=1S/C18H24O2/c1-4-5-9-12-18(2,3)13-14-20-17(19)15-16-10-7-6-8-11-16/h4,6-8,10-11,13-14H,1,5,9,12,15H2,2-3H3/b14-13+. The highest BCUT2D eigenvalue weighted by Gasteiger charge is 2.13. The minimum atomic E-state index is -0.227. The lowest BCUT2D eigenvalue weighted by Gasteiger charge is -2.19. The van der Waals surface area contributed by atoms with Crippen LogP contribution in [-0.2, 0) is 16.0 Å². The van der Waals surface area contributed by atoms with Crippen molar-refractivity contribution in [3.63, 3.8) is 0 Å². The van der Waals surface area contributed by atoms with E-state index in [2.05, 4.69) is 20.4 Å². The number of benzene rings is 1. The van der Waals surface area contributed by atoms with Crippen LogP contribution in [0.3, 0.4) is 0 Å². The van der Waals surface area contributed by atoms with Gasteiger partial charge < -0.3 is 4.74 Å². The predicted molar refractivity (Wildman–Crippen MR) is 83.2 cm³/mol. The summed E-state index contributed by atoms with van der Waals surface area (Å²) in [6.45, 7) is 7.99. The molecule has 0 heterocycles. The first-order chi connectivity index (χ1) is 9.53. The normalized spacial score (nSPS) is 11.5. The molecular weight excluding hydrogens is 248 g/mol. The molecule has 0 amide bonds. The molecule has 0 aliphatic carbocycles. The van der Waals surface area contributed by atoms with Gasteiger partial charge in [-0.2, -0.15) is 0 Å². The lowest BCUT2D eigenvalue weighted by atomic mass is 9.87. The van der Waals surface area contributed by atoms with Crippen molar-refractivity contribution in [1.82, 2.24) is 0 Å². The lowest BCUT2D eigenvalue weighted by Crippen LogP contribution is -2.09. The van der Waals surface area contributed by atoms with Gasteiger partial charge >= 0.3 is 5.97 Å². The van der Waals surface area contributed by atoms with Crippen molar-refractivity contribution in [2.24, 2.45) is 5.41 Å². The van der Waals surface area contributed by atoms with Gasteiger partial charge in [0.05, 0.1) is 12.7 Å². The number of ether oxygens (including phenoxy) is 1. The molecule has 0 saturated carbocycles. The Hall–Kier alpha value is -1.83. The van der Waals surface area contributed by atoms with Gasteiger partial charge in [-0.25, -0.2) is 0 Å². The van der Waals surface area contributed by atoms with E-state index in [1.807, 2.05) is 42.5 Å². The summed E-state index contributed by atoms with van der Waals surface area (Å²) in [4.78, 5) is 11.7. The van der Waals surface area contributed by atoms with Crippen molar-refractivity contribution >= 4 is 5.97 Å². The van der Waals surface area contributed by atoms with Crippen LogP contribution in [0.5, 0.6) is 0 Å². The van der Waals surface area contributed by atoms with E-state index in [4.69, 9.17) is 4.74 Å². The first kappa shape index (κ1) is 16.2. The van der Waals surface area contributed by atoms with Crippen molar-refractivity contribution < 1.29 is 9.53 Å². The van der Waals surface area contributed by atoms with E-state index in [9.17, 15) is 4.79 Å². The van der Waals surface area contributed by atoms with Crippen molar-refractivity contribution in [3.05, 3.63) is 60.9 Å². The number of carbonyl (C=O) groups is 1. The molecule has 0 spiro atoms. The Balaban J connectivity index is 2.35. The molecular formula is C18H24O2. The Morgan fingerprint density at radius 3 is 2.65 bits per heavy atom. The monoisotopic (exact) mass is 272 g/mol. The molecule has 108 valence electrons. The molecule has 0 fully saturated rings. The topological polar surface area (TPSA) is 26.3 Å². The summed E-state index contributed by atoms with van der Waals surface area (Å²) < 4.78 is 5.15. The summed E-state index contributed by atoms with van der Waals surface area (Å²) >= 11 is 0. The van der Waals surface area contributed by atoms with E-state index in [1.165, 1.54) is 6.26 Å². The zero-order chi connectivity index (χ0) is 14.8. The highest BCUT2D eigenvalue weighted by molar-refractivity contribution is 5.73. The average molecular weight is 272 g/mol. The highest BCUT2D eigenvalue weighted by atomic mass is 16.5. The molecule has 2 nitrogen and oxygen atoms in total. The largest absolute Gasteiger partial charge is 0.435 e. The Morgan fingerprint density at radius 1 is 1.30 bits per heavy atom. The van der Waals surface area contributed by atoms with E-state index in [0.717, 1.165) is 24.8 Å². The molecule has 0 unspecified atom stereocenters. The first-order valence-corrected chi connectivity index (χ1v) is 7.05. The second kappa shape index (κ2) is 8.36. The molecule has 1 aromatic carbocycles. The minimum absolute atomic E-state index is 0.0377. The summed E-state index contributed by atoms with van der Waals surface area (Å²) in [6.07, 6.45) is 8.88. The smallest absolute Gasteiger partial charge is 0.315 e. The zero-order valence-corrected chi connectivity index (χ0v) is 12.5. The predicted octanol–water partition coefficient (Wildman–Crippen LogP) is 4.67. The average Bonchev–Trinajstić information content (AvgIpc) is 2.39. The van der Waals surface area contributed by atoms with Gasteiger partial charge in [0.1, 0.15) is 0 Å². The molecule has 0 atom stereocenters. The van der Waals surface area contributed by atoms with Gasteiger partial charge in [0.25, 0.3) is 0 Å². The third-order valence-electron chi connectivity index (χ3n) is 3.14. The van der Waals surface area contributed by atoms with Crippen LogP contribution in [0, 0.1) is 5.41 Å². The van der Waals surface area contributed by atoms with Crippen molar-refractivity contribution in [2.75, 3.05) is 0 Å². The molecule has 0 aromatic heterocycles. The maximum Gasteiger partial charge on any atom is 0.315 e. The fourth-order valence-electron chi connectivity index (χ4n) is 1.88. The summed E-state index contributed by atoms with van der Waals surface area (Å²) in [5, 5.41) is 0. The SMILES string of the molecule is C=CCCCC(C)(C)/C=C/OC(=O)Cc1ccccc1. The highest BCUT2D eigenvalue weighted by Crippen LogP contribution is 2.24. The van der Waals surface area contributed by atoms with Crippen molar-refractivity contribution in [2.45, 2.75) is 39.5 Å². The Labute approximate surface area is 122 Å². The molecule has 0 N–H and O–H groups in total. The van der Waals surface area contributed by atoms with Gasteiger partial charge in [-0.3, -0.25) is 4.79 Å². The second-order valence-corrected chi connectivity index (χ2v) is 5.62. The molecule has 2 heteroatoms. The van der Waals surface area contributed by atoms with Gasteiger partial charge in [-0.15, -0.1) is 6.58 Å². The molecule has 0 aliphatic rings. The Morgan fingerprint density at radius 2 is 2.00 bits per heavy atom. The second-order valence-electron chi connectivity index (χ2n) is 5.62. The van der Waals surface area contributed by atoms with Crippen LogP contribution in [0.1, 0.15) is 38.7 Å². The van der Waals surface area contributed by atoms with Crippen LogP contribution in [0.2, 0.25) is 0 Å². The maximum absolute atomic E-state index is 11.7.